The largest absolute Gasteiger partial charge is 0.494 e. The summed E-state index contributed by atoms with van der Waals surface area (Å²) in [7, 11) is 4.93. The van der Waals surface area contributed by atoms with Crippen molar-refractivity contribution in [3.8, 4) is 23.8 Å². The highest BCUT2D eigenvalue weighted by atomic mass is 16.5. The zero-order chi connectivity index (χ0) is 29.2. The van der Waals surface area contributed by atoms with Crippen LogP contribution in [-0.2, 0) is 31.9 Å². The Labute approximate surface area is 229 Å². The van der Waals surface area contributed by atoms with E-state index in [0.29, 0.717) is 11.4 Å². The molecule has 0 fully saturated rings. The topological polar surface area (TPSA) is 187 Å². The molecule has 0 spiro atoms. The number of aromatic nitrogens is 4. The van der Waals surface area contributed by atoms with Gasteiger partial charge in [-0.25, -0.2) is 19.6 Å². The molecule has 0 bridgehead atoms. The lowest BCUT2D eigenvalue weighted by atomic mass is 9.99. The number of aromatic amines is 2. The lowest BCUT2D eigenvalue weighted by molar-refractivity contribution is -0.143. The number of hydrogen-bond donors (Lipinski definition) is 4. The van der Waals surface area contributed by atoms with Gasteiger partial charge in [0.15, 0.2) is 11.5 Å². The predicted molar refractivity (Wildman–Crippen MR) is 139 cm³/mol. The van der Waals surface area contributed by atoms with Crippen molar-refractivity contribution in [1.29, 1.82) is 0 Å². The van der Waals surface area contributed by atoms with Crippen LogP contribution in [-0.4, -0.2) is 84.2 Å². The van der Waals surface area contributed by atoms with E-state index in [4.69, 9.17) is 25.4 Å². The molecule has 3 aromatic rings. The molecule has 14 nitrogen and oxygen atoms in total. The molecule has 0 unspecified atom stereocenters. The van der Waals surface area contributed by atoms with Gasteiger partial charge >= 0.3 is 11.9 Å². The van der Waals surface area contributed by atoms with E-state index in [9.17, 15) is 19.2 Å². The van der Waals surface area contributed by atoms with Crippen molar-refractivity contribution in [2.24, 2.45) is 0 Å². The number of carbonyl (C=O) groups excluding carboxylic acids is 4. The van der Waals surface area contributed by atoms with Crippen LogP contribution in [0.1, 0.15) is 37.7 Å². The van der Waals surface area contributed by atoms with Crippen LogP contribution in [0.4, 0.5) is 0 Å². The zero-order valence-electron chi connectivity index (χ0n) is 22.2. The van der Waals surface area contributed by atoms with Crippen molar-refractivity contribution >= 4 is 23.8 Å². The van der Waals surface area contributed by atoms with Gasteiger partial charge in [-0.15, -0.1) is 6.42 Å². The molecule has 2 atom stereocenters. The molecule has 2 aromatic heterocycles. The molecule has 0 aliphatic carbocycles. The summed E-state index contributed by atoms with van der Waals surface area (Å²) >= 11 is 0. The monoisotopic (exact) mass is 552 g/mol. The number of amides is 2. The van der Waals surface area contributed by atoms with Gasteiger partial charge in [-0.3, -0.25) is 9.59 Å². The van der Waals surface area contributed by atoms with E-state index < -0.39 is 35.8 Å². The standard InChI is InChI=1S/C26H28N6O8/c1-6-16-21(37-2)17(23(33)31-19(25(35)39-4)7-14-10-27-12-29-14)9-18(22(16)38-3)24(34)32-20(26(36)40-5)8-15-11-28-13-30-15/h1,9-13,19-20H,7-8H2,2-5H3,(H,27,29)(H,28,30)(H,31,33)(H,32,34)/t19-,20+. The van der Waals surface area contributed by atoms with Gasteiger partial charge in [0.05, 0.1) is 52.2 Å². The Balaban J connectivity index is 2.01. The van der Waals surface area contributed by atoms with Crippen LogP contribution in [0.5, 0.6) is 11.5 Å². The number of terminal acetylenes is 1. The summed E-state index contributed by atoms with van der Waals surface area (Å²) in [5.74, 6) is -0.768. The quantitative estimate of drug-likeness (QED) is 0.178. The van der Waals surface area contributed by atoms with Gasteiger partial charge in [0.2, 0.25) is 0 Å². The molecule has 2 amide bonds. The molecule has 2 heterocycles. The van der Waals surface area contributed by atoms with Crippen molar-refractivity contribution in [2.45, 2.75) is 24.9 Å². The summed E-state index contributed by atoms with van der Waals surface area (Å²) in [6.07, 6.45) is 11.6. The number of nitrogens with one attached hydrogen (secondary N) is 4. The third kappa shape index (κ3) is 6.57. The fourth-order valence-electron chi connectivity index (χ4n) is 3.92. The molecule has 0 radical (unpaired) electrons. The van der Waals surface area contributed by atoms with E-state index in [1.54, 1.807) is 0 Å². The molecule has 0 aliphatic heterocycles. The molecule has 0 saturated carbocycles. The number of nitrogens with zero attached hydrogens (tertiary/aromatic N) is 2. The summed E-state index contributed by atoms with van der Waals surface area (Å²) in [6.45, 7) is 0. The molecular weight excluding hydrogens is 524 g/mol. The number of benzene rings is 1. The Morgan fingerprint density at radius 3 is 1.55 bits per heavy atom. The highest BCUT2D eigenvalue weighted by Gasteiger charge is 2.31. The highest BCUT2D eigenvalue weighted by molar-refractivity contribution is 6.06. The summed E-state index contributed by atoms with van der Waals surface area (Å²) in [4.78, 5) is 65.3. The number of H-pyrrole nitrogens is 2. The van der Waals surface area contributed by atoms with Gasteiger partial charge in [-0.1, -0.05) is 5.92 Å². The van der Waals surface area contributed by atoms with Crippen LogP contribution in [0, 0.1) is 12.3 Å². The van der Waals surface area contributed by atoms with Gasteiger partial charge < -0.3 is 39.5 Å². The van der Waals surface area contributed by atoms with E-state index in [0.717, 1.165) is 0 Å². The molecule has 14 heteroatoms. The maximum atomic E-state index is 13.5. The molecule has 4 N–H and O–H groups in total. The van der Waals surface area contributed by atoms with Crippen molar-refractivity contribution in [1.82, 2.24) is 30.6 Å². The second kappa shape index (κ2) is 13.5. The van der Waals surface area contributed by atoms with Gasteiger partial charge in [0, 0.05) is 36.6 Å². The SMILES string of the molecule is C#Cc1c(OC)c(C(=O)N[C@@H](Cc2cnc[nH]2)C(=O)OC)cc(C(=O)N[C@H](Cc2cnc[nH]2)C(=O)OC)c1OC. The smallest absolute Gasteiger partial charge is 0.328 e. The first-order chi connectivity index (χ1) is 19.3. The van der Waals surface area contributed by atoms with Crippen molar-refractivity contribution in [2.75, 3.05) is 28.4 Å². The number of rotatable bonds is 12. The van der Waals surface area contributed by atoms with E-state index in [1.807, 2.05) is 0 Å². The average molecular weight is 553 g/mol. The summed E-state index contributed by atoms with van der Waals surface area (Å²) in [5.41, 5.74) is 0.765. The number of methoxy groups -OCH3 is 4. The van der Waals surface area contributed by atoms with Crippen LogP contribution < -0.4 is 20.1 Å². The number of esters is 2. The second-order valence-corrected chi connectivity index (χ2v) is 8.22. The van der Waals surface area contributed by atoms with Gasteiger partial charge in [-0.2, -0.15) is 0 Å². The number of ether oxygens (including phenoxy) is 4. The van der Waals surface area contributed by atoms with Gasteiger partial charge in [0.1, 0.15) is 17.6 Å². The minimum atomic E-state index is -1.12. The number of carbonyl (C=O) groups is 4. The Morgan fingerprint density at radius 2 is 1.25 bits per heavy atom. The Kier molecular flexibility index (Phi) is 9.84. The second-order valence-electron chi connectivity index (χ2n) is 8.22. The highest BCUT2D eigenvalue weighted by Crippen LogP contribution is 2.35. The lowest BCUT2D eigenvalue weighted by Crippen LogP contribution is -2.44. The van der Waals surface area contributed by atoms with Crippen LogP contribution in [0.2, 0.25) is 0 Å². The molecular formula is C26H28N6O8. The first-order valence-corrected chi connectivity index (χ1v) is 11.7. The van der Waals surface area contributed by atoms with E-state index in [-0.39, 0.29) is 41.0 Å². The third-order valence-corrected chi connectivity index (χ3v) is 5.81. The van der Waals surface area contributed by atoms with E-state index in [1.165, 1.54) is 59.6 Å². The normalized spacial score (nSPS) is 11.9. The maximum Gasteiger partial charge on any atom is 0.328 e. The fraction of sp³-hybridized carbons (Fsp3) is 0.308. The number of imidazole rings is 2. The van der Waals surface area contributed by atoms with Crippen molar-refractivity contribution < 1.29 is 38.1 Å². The van der Waals surface area contributed by atoms with Crippen LogP contribution in [0.15, 0.2) is 31.1 Å². The Bertz CT molecular complexity index is 1300. The first kappa shape index (κ1) is 29.2. The maximum absolute atomic E-state index is 13.5. The summed E-state index contributed by atoms with van der Waals surface area (Å²) in [5, 5.41) is 5.16. The molecule has 0 saturated heterocycles. The number of hydrogen-bond acceptors (Lipinski definition) is 10. The molecule has 0 aliphatic rings. The van der Waals surface area contributed by atoms with E-state index >= 15 is 0 Å². The Morgan fingerprint density at radius 1 is 0.825 bits per heavy atom. The first-order valence-electron chi connectivity index (χ1n) is 11.7. The minimum absolute atomic E-state index is 0.0332. The zero-order valence-corrected chi connectivity index (χ0v) is 22.2. The Hall–Kier alpha value is -5.32. The molecule has 1 aromatic carbocycles. The predicted octanol–water partition coefficient (Wildman–Crippen LogP) is 0.160. The summed E-state index contributed by atoms with van der Waals surface area (Å²) in [6, 6.07) is -1.04. The fourth-order valence-corrected chi connectivity index (χ4v) is 3.92. The summed E-state index contributed by atoms with van der Waals surface area (Å²) < 4.78 is 20.5. The lowest BCUT2D eigenvalue weighted by Gasteiger charge is -2.21. The van der Waals surface area contributed by atoms with Crippen LogP contribution >= 0.6 is 0 Å². The average Bonchev–Trinajstić information content (AvgIpc) is 3.68. The van der Waals surface area contributed by atoms with Gasteiger partial charge in [-0.05, 0) is 6.07 Å². The van der Waals surface area contributed by atoms with E-state index in [2.05, 4.69) is 36.5 Å². The minimum Gasteiger partial charge on any atom is -0.494 e. The molecule has 3 rings (SSSR count). The van der Waals surface area contributed by atoms with Crippen molar-refractivity contribution in [3.63, 3.8) is 0 Å². The van der Waals surface area contributed by atoms with Crippen LogP contribution in [0.3, 0.4) is 0 Å². The van der Waals surface area contributed by atoms with Crippen LogP contribution in [0.25, 0.3) is 0 Å². The third-order valence-electron chi connectivity index (χ3n) is 5.81. The van der Waals surface area contributed by atoms with Crippen molar-refractivity contribution in [3.05, 3.63) is 59.2 Å². The molecule has 40 heavy (non-hydrogen) atoms. The van der Waals surface area contributed by atoms with Gasteiger partial charge in [0.25, 0.3) is 11.8 Å². The molecule has 210 valence electrons.